The summed E-state index contributed by atoms with van der Waals surface area (Å²) < 4.78 is 40.5. The maximum Gasteiger partial charge on any atom is 0.175 e. The second-order valence-corrected chi connectivity index (χ2v) is 5.71. The molecular formula is C9H10BrFO3S. The number of hydrogen-bond acceptors (Lipinski definition) is 3. The van der Waals surface area contributed by atoms with Crippen LogP contribution in [-0.4, -0.2) is 26.6 Å². The van der Waals surface area contributed by atoms with E-state index in [1.54, 1.807) is 0 Å². The van der Waals surface area contributed by atoms with Gasteiger partial charge in [-0.1, -0.05) is 15.9 Å². The van der Waals surface area contributed by atoms with E-state index >= 15 is 0 Å². The molecule has 0 spiro atoms. The molecule has 0 amide bonds. The molecule has 84 valence electrons. The number of benzene rings is 1. The summed E-state index contributed by atoms with van der Waals surface area (Å²) in [4.78, 5) is -0.0498. The Hall–Kier alpha value is -0.620. The molecule has 1 aromatic rings. The lowest BCUT2D eigenvalue weighted by Crippen LogP contribution is -2.02. The molecule has 0 fully saturated rings. The number of sulfone groups is 1. The third kappa shape index (κ3) is 3.46. The van der Waals surface area contributed by atoms with Crippen LogP contribution in [-0.2, 0) is 9.84 Å². The standard InChI is InChI=1S/C9H10BrFO3S/c1-15(12,13)7-2-3-9(8(11)6-7)14-5-4-10/h2-3,6H,4-5H2,1H3. The molecule has 1 rings (SSSR count). The Morgan fingerprint density at radius 3 is 2.60 bits per heavy atom. The van der Waals surface area contributed by atoms with Gasteiger partial charge in [-0.3, -0.25) is 0 Å². The normalized spacial score (nSPS) is 11.4. The third-order valence-electron chi connectivity index (χ3n) is 1.67. The van der Waals surface area contributed by atoms with Gasteiger partial charge < -0.3 is 4.74 Å². The molecule has 0 bridgehead atoms. The monoisotopic (exact) mass is 296 g/mol. The van der Waals surface area contributed by atoms with Crippen LogP contribution < -0.4 is 4.74 Å². The Bertz CT molecular complexity index is 445. The molecule has 0 heterocycles. The van der Waals surface area contributed by atoms with Crippen molar-refractivity contribution < 1.29 is 17.5 Å². The number of halogens is 2. The Labute approximate surface area is 96.3 Å². The minimum Gasteiger partial charge on any atom is -0.490 e. The van der Waals surface area contributed by atoms with Crippen LogP contribution in [0.5, 0.6) is 5.75 Å². The van der Waals surface area contributed by atoms with Crippen molar-refractivity contribution in [2.45, 2.75) is 4.90 Å². The largest absolute Gasteiger partial charge is 0.490 e. The van der Waals surface area contributed by atoms with Gasteiger partial charge in [0.25, 0.3) is 0 Å². The number of alkyl halides is 1. The van der Waals surface area contributed by atoms with E-state index in [9.17, 15) is 12.8 Å². The van der Waals surface area contributed by atoms with Crippen LogP contribution >= 0.6 is 15.9 Å². The minimum absolute atomic E-state index is 0.0498. The number of hydrogen-bond donors (Lipinski definition) is 0. The molecule has 0 aliphatic carbocycles. The Balaban J connectivity index is 2.99. The molecule has 15 heavy (non-hydrogen) atoms. The van der Waals surface area contributed by atoms with Gasteiger partial charge in [0.05, 0.1) is 11.5 Å². The van der Waals surface area contributed by atoms with Gasteiger partial charge in [0.2, 0.25) is 0 Å². The zero-order valence-electron chi connectivity index (χ0n) is 8.04. The molecule has 0 saturated heterocycles. The van der Waals surface area contributed by atoms with Gasteiger partial charge in [-0.15, -0.1) is 0 Å². The van der Waals surface area contributed by atoms with Gasteiger partial charge in [-0.25, -0.2) is 12.8 Å². The second-order valence-electron chi connectivity index (χ2n) is 2.90. The maximum absolute atomic E-state index is 13.3. The Kier molecular flexibility index (Phi) is 4.10. The summed E-state index contributed by atoms with van der Waals surface area (Å²) in [6.07, 6.45) is 1.03. The molecule has 0 aliphatic rings. The van der Waals surface area contributed by atoms with Gasteiger partial charge >= 0.3 is 0 Å². The van der Waals surface area contributed by atoms with Gasteiger partial charge in [0.15, 0.2) is 21.4 Å². The fraction of sp³-hybridized carbons (Fsp3) is 0.333. The van der Waals surface area contributed by atoms with Crippen molar-refractivity contribution in [2.75, 3.05) is 18.2 Å². The molecule has 0 N–H and O–H groups in total. The summed E-state index contributed by atoms with van der Waals surface area (Å²) in [6, 6.07) is 3.59. The summed E-state index contributed by atoms with van der Waals surface area (Å²) >= 11 is 3.13. The summed E-state index contributed by atoms with van der Waals surface area (Å²) in [7, 11) is -3.37. The summed E-state index contributed by atoms with van der Waals surface area (Å²) in [5.74, 6) is -0.610. The molecule has 0 unspecified atom stereocenters. The lowest BCUT2D eigenvalue weighted by molar-refractivity contribution is 0.325. The Morgan fingerprint density at radius 1 is 1.47 bits per heavy atom. The van der Waals surface area contributed by atoms with Crippen molar-refractivity contribution in [1.29, 1.82) is 0 Å². The van der Waals surface area contributed by atoms with Crippen LogP contribution in [0.25, 0.3) is 0 Å². The third-order valence-corrected chi connectivity index (χ3v) is 3.10. The lowest BCUT2D eigenvalue weighted by Gasteiger charge is -2.06. The van der Waals surface area contributed by atoms with E-state index in [-0.39, 0.29) is 10.6 Å². The van der Waals surface area contributed by atoms with E-state index in [0.29, 0.717) is 11.9 Å². The van der Waals surface area contributed by atoms with Crippen LogP contribution in [0.3, 0.4) is 0 Å². The first-order valence-corrected chi connectivity index (χ1v) is 7.15. The molecule has 3 nitrogen and oxygen atoms in total. The highest BCUT2D eigenvalue weighted by molar-refractivity contribution is 9.09. The fourth-order valence-electron chi connectivity index (χ4n) is 0.978. The zero-order chi connectivity index (χ0) is 11.5. The topological polar surface area (TPSA) is 43.4 Å². The maximum atomic E-state index is 13.3. The van der Waals surface area contributed by atoms with Crippen molar-refractivity contribution in [3.8, 4) is 5.75 Å². The fourth-order valence-corrected chi connectivity index (χ4v) is 1.77. The van der Waals surface area contributed by atoms with E-state index in [1.807, 2.05) is 0 Å². The molecular weight excluding hydrogens is 287 g/mol. The number of ether oxygens (including phenoxy) is 1. The average Bonchev–Trinajstić information content (AvgIpc) is 2.14. The molecule has 0 radical (unpaired) electrons. The SMILES string of the molecule is CS(=O)(=O)c1ccc(OCCBr)c(F)c1. The first-order valence-electron chi connectivity index (χ1n) is 4.13. The van der Waals surface area contributed by atoms with Crippen LogP contribution in [0, 0.1) is 5.82 Å². The van der Waals surface area contributed by atoms with Crippen LogP contribution in [0.1, 0.15) is 0 Å². The van der Waals surface area contributed by atoms with Crippen molar-refractivity contribution in [2.24, 2.45) is 0 Å². The second kappa shape index (κ2) is 4.94. The first kappa shape index (κ1) is 12.4. The lowest BCUT2D eigenvalue weighted by atomic mass is 10.3. The van der Waals surface area contributed by atoms with Gasteiger partial charge in [-0.2, -0.15) is 0 Å². The molecule has 0 atom stereocenters. The predicted octanol–water partition coefficient (Wildman–Crippen LogP) is 2.00. The minimum atomic E-state index is -3.37. The van der Waals surface area contributed by atoms with E-state index < -0.39 is 15.7 Å². The smallest absolute Gasteiger partial charge is 0.175 e. The quantitative estimate of drug-likeness (QED) is 0.798. The summed E-state index contributed by atoms with van der Waals surface area (Å²) in [5, 5.41) is 0.584. The summed E-state index contributed by atoms with van der Waals surface area (Å²) in [6.45, 7) is 0.329. The molecule has 0 aromatic heterocycles. The molecule has 1 aromatic carbocycles. The highest BCUT2D eigenvalue weighted by Crippen LogP contribution is 2.20. The summed E-state index contributed by atoms with van der Waals surface area (Å²) in [5.41, 5.74) is 0. The molecule has 0 saturated carbocycles. The first-order chi connectivity index (χ1) is 6.95. The molecule has 0 aliphatic heterocycles. The van der Waals surface area contributed by atoms with Gasteiger partial charge in [0, 0.05) is 11.6 Å². The van der Waals surface area contributed by atoms with Crippen LogP contribution in [0.15, 0.2) is 23.1 Å². The predicted molar refractivity (Wildman–Crippen MR) is 58.8 cm³/mol. The zero-order valence-corrected chi connectivity index (χ0v) is 10.4. The van der Waals surface area contributed by atoms with E-state index in [0.717, 1.165) is 12.3 Å². The van der Waals surface area contributed by atoms with E-state index in [2.05, 4.69) is 15.9 Å². The van der Waals surface area contributed by atoms with Crippen LogP contribution in [0.4, 0.5) is 4.39 Å². The Morgan fingerprint density at radius 2 is 2.13 bits per heavy atom. The highest BCUT2D eigenvalue weighted by Gasteiger charge is 2.11. The van der Waals surface area contributed by atoms with Crippen molar-refractivity contribution in [3.05, 3.63) is 24.0 Å². The van der Waals surface area contributed by atoms with Crippen LogP contribution in [0.2, 0.25) is 0 Å². The van der Waals surface area contributed by atoms with E-state index in [1.165, 1.54) is 12.1 Å². The van der Waals surface area contributed by atoms with Crippen molar-refractivity contribution in [1.82, 2.24) is 0 Å². The average molecular weight is 297 g/mol. The van der Waals surface area contributed by atoms with Gasteiger partial charge in [0.1, 0.15) is 0 Å². The van der Waals surface area contributed by atoms with E-state index in [4.69, 9.17) is 4.74 Å². The van der Waals surface area contributed by atoms with Crippen molar-refractivity contribution in [3.63, 3.8) is 0 Å². The highest BCUT2D eigenvalue weighted by atomic mass is 79.9. The molecule has 6 heteroatoms. The number of rotatable bonds is 4. The van der Waals surface area contributed by atoms with Gasteiger partial charge in [-0.05, 0) is 18.2 Å². The van der Waals surface area contributed by atoms with Crippen molar-refractivity contribution >= 4 is 25.8 Å².